The molecule has 3 heteroatoms. The van der Waals surface area contributed by atoms with E-state index in [0.717, 1.165) is 17.8 Å². The van der Waals surface area contributed by atoms with Gasteiger partial charge in [-0.3, -0.25) is 0 Å². The van der Waals surface area contributed by atoms with Gasteiger partial charge < -0.3 is 4.52 Å². The van der Waals surface area contributed by atoms with E-state index in [1.54, 1.807) is 0 Å². The van der Waals surface area contributed by atoms with Gasteiger partial charge in [0.2, 0.25) is 0 Å². The van der Waals surface area contributed by atoms with Crippen molar-refractivity contribution in [3.63, 3.8) is 0 Å². The lowest BCUT2D eigenvalue weighted by Gasteiger charge is -1.94. The normalized spacial score (nSPS) is 10.4. The molecule has 0 amide bonds. The van der Waals surface area contributed by atoms with Crippen LogP contribution in [-0.2, 0) is 6.42 Å². The first-order chi connectivity index (χ1) is 6.79. The summed E-state index contributed by atoms with van der Waals surface area (Å²) in [6, 6.07) is 8.04. The Balaban J connectivity index is 2.39. The Morgan fingerprint density at radius 1 is 1.36 bits per heavy atom. The van der Waals surface area contributed by atoms with E-state index in [1.165, 1.54) is 5.56 Å². The van der Waals surface area contributed by atoms with Crippen LogP contribution in [-0.4, -0.2) is 10.1 Å². The second kappa shape index (κ2) is 3.62. The molecule has 0 saturated heterocycles. The van der Waals surface area contributed by atoms with E-state index in [2.05, 4.69) is 10.1 Å². The average Bonchev–Trinajstić information content (AvgIpc) is 2.66. The minimum atomic E-state index is 0.602. The molecule has 2 aromatic rings. The van der Waals surface area contributed by atoms with E-state index in [0.29, 0.717) is 5.89 Å². The molecule has 3 nitrogen and oxygen atoms in total. The van der Waals surface area contributed by atoms with Gasteiger partial charge in [0.05, 0.1) is 0 Å². The Morgan fingerprint density at radius 2 is 2.21 bits per heavy atom. The topological polar surface area (TPSA) is 38.9 Å². The molecule has 1 heterocycles. The Hall–Kier alpha value is -1.64. The minimum absolute atomic E-state index is 0.602. The van der Waals surface area contributed by atoms with Crippen LogP contribution in [0.5, 0.6) is 0 Å². The van der Waals surface area contributed by atoms with Gasteiger partial charge in [-0.05, 0) is 19.1 Å². The van der Waals surface area contributed by atoms with Gasteiger partial charge in [0.25, 0.3) is 5.89 Å². The van der Waals surface area contributed by atoms with Gasteiger partial charge in [-0.15, -0.1) is 0 Å². The lowest BCUT2D eigenvalue weighted by atomic mass is 10.1. The molecule has 0 radical (unpaired) electrons. The fraction of sp³-hybridized carbons (Fsp3) is 0.273. The highest BCUT2D eigenvalue weighted by molar-refractivity contribution is 5.53. The van der Waals surface area contributed by atoms with Gasteiger partial charge in [-0.2, -0.15) is 4.98 Å². The number of benzene rings is 1. The van der Waals surface area contributed by atoms with Crippen molar-refractivity contribution in [2.24, 2.45) is 0 Å². The molecule has 2 rings (SSSR count). The van der Waals surface area contributed by atoms with Crippen molar-refractivity contribution < 1.29 is 4.52 Å². The van der Waals surface area contributed by atoms with Gasteiger partial charge in [-0.25, -0.2) is 0 Å². The fourth-order valence-electron chi connectivity index (χ4n) is 1.29. The SMILES string of the molecule is CCc1noc(-c2cccc(C)c2)n1. The Bertz CT molecular complexity index is 434. The molecule has 0 atom stereocenters. The first-order valence-corrected chi connectivity index (χ1v) is 4.69. The number of hydrogen-bond acceptors (Lipinski definition) is 3. The zero-order chi connectivity index (χ0) is 9.97. The maximum Gasteiger partial charge on any atom is 0.257 e. The standard InChI is InChI=1S/C11H12N2O/c1-3-10-12-11(14-13-10)9-6-4-5-8(2)7-9/h4-7H,3H2,1-2H3. The Labute approximate surface area is 82.8 Å². The van der Waals surface area contributed by atoms with E-state index in [9.17, 15) is 0 Å². The van der Waals surface area contributed by atoms with Crippen LogP contribution >= 0.6 is 0 Å². The Kier molecular flexibility index (Phi) is 2.31. The zero-order valence-electron chi connectivity index (χ0n) is 8.32. The lowest BCUT2D eigenvalue weighted by Crippen LogP contribution is -1.82. The molecular formula is C11H12N2O. The van der Waals surface area contributed by atoms with Crippen molar-refractivity contribution in [1.29, 1.82) is 0 Å². The summed E-state index contributed by atoms with van der Waals surface area (Å²) in [5, 5.41) is 3.85. The summed E-state index contributed by atoms with van der Waals surface area (Å²) in [5.41, 5.74) is 2.18. The van der Waals surface area contributed by atoms with E-state index < -0.39 is 0 Å². The molecule has 14 heavy (non-hydrogen) atoms. The molecule has 0 spiro atoms. The minimum Gasteiger partial charge on any atom is -0.334 e. The molecule has 0 unspecified atom stereocenters. The van der Waals surface area contributed by atoms with Gasteiger partial charge in [0.1, 0.15) is 0 Å². The average molecular weight is 188 g/mol. The first kappa shape index (κ1) is 8.94. The third kappa shape index (κ3) is 1.66. The van der Waals surface area contributed by atoms with Crippen LogP contribution in [0.25, 0.3) is 11.5 Å². The van der Waals surface area contributed by atoms with E-state index >= 15 is 0 Å². The van der Waals surface area contributed by atoms with Gasteiger partial charge in [0, 0.05) is 12.0 Å². The van der Waals surface area contributed by atoms with E-state index in [-0.39, 0.29) is 0 Å². The maximum absolute atomic E-state index is 5.14. The van der Waals surface area contributed by atoms with Crippen molar-refractivity contribution in [2.75, 3.05) is 0 Å². The number of nitrogens with zero attached hydrogens (tertiary/aromatic N) is 2. The third-order valence-corrected chi connectivity index (χ3v) is 2.05. The largest absolute Gasteiger partial charge is 0.334 e. The highest BCUT2D eigenvalue weighted by Gasteiger charge is 2.06. The third-order valence-electron chi connectivity index (χ3n) is 2.05. The van der Waals surface area contributed by atoms with Crippen LogP contribution in [0, 0.1) is 6.92 Å². The quantitative estimate of drug-likeness (QED) is 0.727. The predicted molar refractivity (Wildman–Crippen MR) is 53.8 cm³/mol. The lowest BCUT2D eigenvalue weighted by molar-refractivity contribution is 0.423. The highest BCUT2D eigenvalue weighted by atomic mass is 16.5. The molecule has 0 N–H and O–H groups in total. The number of aryl methyl sites for hydroxylation is 2. The second-order valence-corrected chi connectivity index (χ2v) is 3.24. The molecule has 72 valence electrons. The van der Waals surface area contributed by atoms with E-state index in [4.69, 9.17) is 4.52 Å². The van der Waals surface area contributed by atoms with Crippen molar-refractivity contribution in [3.05, 3.63) is 35.7 Å². The predicted octanol–water partition coefficient (Wildman–Crippen LogP) is 2.61. The van der Waals surface area contributed by atoms with Crippen molar-refractivity contribution in [3.8, 4) is 11.5 Å². The summed E-state index contributed by atoms with van der Waals surface area (Å²) in [4.78, 5) is 4.26. The van der Waals surface area contributed by atoms with Gasteiger partial charge in [0.15, 0.2) is 5.82 Å². The van der Waals surface area contributed by atoms with Crippen LogP contribution in [0.1, 0.15) is 18.3 Å². The number of aromatic nitrogens is 2. The molecule has 0 aliphatic rings. The molecule has 1 aromatic heterocycles. The summed E-state index contributed by atoms with van der Waals surface area (Å²) >= 11 is 0. The molecule has 0 saturated carbocycles. The number of hydrogen-bond donors (Lipinski definition) is 0. The maximum atomic E-state index is 5.14. The zero-order valence-corrected chi connectivity index (χ0v) is 8.32. The van der Waals surface area contributed by atoms with Crippen molar-refractivity contribution in [2.45, 2.75) is 20.3 Å². The van der Waals surface area contributed by atoms with Crippen LogP contribution in [0.3, 0.4) is 0 Å². The summed E-state index contributed by atoms with van der Waals surface area (Å²) in [6.07, 6.45) is 0.801. The molecular weight excluding hydrogens is 176 g/mol. The molecule has 1 aromatic carbocycles. The summed E-state index contributed by atoms with van der Waals surface area (Å²) in [6.45, 7) is 4.05. The van der Waals surface area contributed by atoms with Crippen molar-refractivity contribution in [1.82, 2.24) is 10.1 Å². The van der Waals surface area contributed by atoms with Gasteiger partial charge in [-0.1, -0.05) is 29.8 Å². The Morgan fingerprint density at radius 3 is 2.86 bits per heavy atom. The molecule has 0 bridgehead atoms. The molecule has 0 aliphatic heterocycles. The highest BCUT2D eigenvalue weighted by Crippen LogP contribution is 2.17. The summed E-state index contributed by atoms with van der Waals surface area (Å²) in [5.74, 6) is 1.35. The summed E-state index contributed by atoms with van der Waals surface area (Å²) < 4.78 is 5.14. The van der Waals surface area contributed by atoms with Crippen LogP contribution in [0.4, 0.5) is 0 Å². The second-order valence-electron chi connectivity index (χ2n) is 3.24. The van der Waals surface area contributed by atoms with Crippen molar-refractivity contribution >= 4 is 0 Å². The van der Waals surface area contributed by atoms with E-state index in [1.807, 2.05) is 38.1 Å². The van der Waals surface area contributed by atoms with Gasteiger partial charge >= 0.3 is 0 Å². The number of rotatable bonds is 2. The first-order valence-electron chi connectivity index (χ1n) is 4.69. The van der Waals surface area contributed by atoms with Crippen LogP contribution in [0.15, 0.2) is 28.8 Å². The molecule has 0 fully saturated rings. The smallest absolute Gasteiger partial charge is 0.257 e. The van der Waals surface area contributed by atoms with Crippen LogP contribution in [0.2, 0.25) is 0 Å². The monoisotopic (exact) mass is 188 g/mol. The van der Waals surface area contributed by atoms with Crippen LogP contribution < -0.4 is 0 Å². The molecule has 0 aliphatic carbocycles. The fourth-order valence-corrected chi connectivity index (χ4v) is 1.29. The summed E-state index contributed by atoms with van der Waals surface area (Å²) in [7, 11) is 0.